The van der Waals surface area contributed by atoms with Gasteiger partial charge >= 0.3 is 0 Å². The number of anilines is 2. The Labute approximate surface area is 214 Å². The van der Waals surface area contributed by atoms with Crippen LogP contribution in [0.15, 0.2) is 48.9 Å². The quantitative estimate of drug-likeness (QED) is 0.406. The van der Waals surface area contributed by atoms with E-state index < -0.39 is 0 Å². The molecule has 0 aliphatic carbocycles. The number of hydrogen-bond donors (Lipinski definition) is 2. The Bertz CT molecular complexity index is 1490. The van der Waals surface area contributed by atoms with Crippen molar-refractivity contribution in [3.05, 3.63) is 77.0 Å². The average molecular weight is 501 g/mol. The van der Waals surface area contributed by atoms with Gasteiger partial charge in [0.25, 0.3) is 5.91 Å². The lowest BCUT2D eigenvalue weighted by molar-refractivity contribution is 0.0850. The molecule has 0 radical (unpaired) electrons. The summed E-state index contributed by atoms with van der Waals surface area (Å²) in [5, 5.41) is 6.34. The number of rotatable bonds is 6. The third-order valence-electron chi connectivity index (χ3n) is 7.14. The summed E-state index contributed by atoms with van der Waals surface area (Å²) >= 11 is 0. The van der Waals surface area contributed by atoms with E-state index >= 15 is 0 Å². The molecule has 9 heteroatoms. The van der Waals surface area contributed by atoms with Gasteiger partial charge in [0.2, 0.25) is 0 Å². The Balaban J connectivity index is 1.37. The number of nitrogens with zero attached hydrogens (tertiary/aromatic N) is 4. The first-order valence-corrected chi connectivity index (χ1v) is 12.5. The lowest BCUT2D eigenvalue weighted by Gasteiger charge is -2.26. The summed E-state index contributed by atoms with van der Waals surface area (Å²) in [4.78, 5) is 24.1. The molecule has 37 heavy (non-hydrogen) atoms. The highest BCUT2D eigenvalue weighted by molar-refractivity contribution is 6.05. The molecule has 0 atom stereocenters. The van der Waals surface area contributed by atoms with E-state index in [0.717, 1.165) is 55.1 Å². The topological polar surface area (TPSA) is 83.8 Å². The zero-order valence-corrected chi connectivity index (χ0v) is 20.9. The van der Waals surface area contributed by atoms with Gasteiger partial charge in [0, 0.05) is 56.0 Å². The molecule has 1 saturated heterocycles. The standard InChI is InChI=1S/C28H29FN6O2/c1-34(2)16-18-11-20(3-4-21(18)17-6-9-37-10-7-17)33-27-26-23(14-32-28(26)36)22(13-31-27)24-15-30-25-12-19(29)5-8-35(24)25/h3-5,8,11-13,15,17H,6-7,9-10,14,16H2,1-2H3,(H,31,33)(H,32,36). The summed E-state index contributed by atoms with van der Waals surface area (Å²) in [5.41, 5.74) is 6.94. The second-order valence-electron chi connectivity index (χ2n) is 9.94. The van der Waals surface area contributed by atoms with Crippen LogP contribution in [-0.4, -0.2) is 52.5 Å². The molecule has 2 aliphatic heterocycles. The summed E-state index contributed by atoms with van der Waals surface area (Å²) < 4.78 is 21.0. The fourth-order valence-electron chi connectivity index (χ4n) is 5.41. The van der Waals surface area contributed by atoms with Gasteiger partial charge in [0.15, 0.2) is 0 Å². The van der Waals surface area contributed by atoms with Crippen molar-refractivity contribution in [2.45, 2.75) is 31.8 Å². The Morgan fingerprint density at radius 3 is 2.81 bits per heavy atom. The molecule has 1 amide bonds. The molecule has 5 heterocycles. The molecule has 2 N–H and O–H groups in total. The number of pyridine rings is 2. The van der Waals surface area contributed by atoms with Crippen LogP contribution in [0.4, 0.5) is 15.9 Å². The van der Waals surface area contributed by atoms with E-state index in [4.69, 9.17) is 4.74 Å². The van der Waals surface area contributed by atoms with Crippen molar-refractivity contribution in [2.75, 3.05) is 32.6 Å². The normalized spacial score (nSPS) is 15.8. The van der Waals surface area contributed by atoms with Crippen molar-refractivity contribution < 1.29 is 13.9 Å². The maximum Gasteiger partial charge on any atom is 0.255 e. The van der Waals surface area contributed by atoms with Crippen molar-refractivity contribution in [3.8, 4) is 11.3 Å². The number of imidazole rings is 1. The third kappa shape index (κ3) is 4.45. The van der Waals surface area contributed by atoms with E-state index in [0.29, 0.717) is 29.5 Å². The van der Waals surface area contributed by atoms with Crippen LogP contribution in [0, 0.1) is 5.82 Å². The van der Waals surface area contributed by atoms with Crippen LogP contribution in [0.25, 0.3) is 16.9 Å². The van der Waals surface area contributed by atoms with E-state index in [1.54, 1.807) is 23.0 Å². The number of halogens is 1. The van der Waals surface area contributed by atoms with Crippen LogP contribution in [0.1, 0.15) is 45.8 Å². The Hall–Kier alpha value is -3.82. The Kier molecular flexibility index (Phi) is 6.10. The van der Waals surface area contributed by atoms with Gasteiger partial charge < -0.3 is 20.3 Å². The minimum Gasteiger partial charge on any atom is -0.381 e. The van der Waals surface area contributed by atoms with Crippen molar-refractivity contribution in [3.63, 3.8) is 0 Å². The fraction of sp³-hybridized carbons (Fsp3) is 0.321. The number of fused-ring (bicyclic) bond motifs is 2. The summed E-state index contributed by atoms with van der Waals surface area (Å²) in [6.45, 7) is 2.81. The first-order chi connectivity index (χ1) is 18.0. The summed E-state index contributed by atoms with van der Waals surface area (Å²) in [5.74, 6) is 0.493. The van der Waals surface area contributed by atoms with Crippen molar-refractivity contribution in [1.82, 2.24) is 24.6 Å². The van der Waals surface area contributed by atoms with Gasteiger partial charge in [-0.05, 0) is 67.7 Å². The predicted octanol–water partition coefficient (Wildman–Crippen LogP) is 4.48. The molecule has 0 spiro atoms. The van der Waals surface area contributed by atoms with Gasteiger partial charge in [0.05, 0.1) is 17.5 Å². The highest BCUT2D eigenvalue weighted by atomic mass is 19.1. The van der Waals surface area contributed by atoms with E-state index in [1.807, 2.05) is 0 Å². The van der Waals surface area contributed by atoms with Crippen molar-refractivity contribution in [1.29, 1.82) is 0 Å². The van der Waals surface area contributed by atoms with Crippen LogP contribution < -0.4 is 10.6 Å². The van der Waals surface area contributed by atoms with Crippen LogP contribution in [0.3, 0.4) is 0 Å². The van der Waals surface area contributed by atoms with Gasteiger partial charge in [-0.3, -0.25) is 9.20 Å². The zero-order chi connectivity index (χ0) is 25.5. The summed E-state index contributed by atoms with van der Waals surface area (Å²) in [7, 11) is 4.14. The van der Waals surface area contributed by atoms with Gasteiger partial charge in [-0.15, -0.1) is 0 Å². The maximum atomic E-state index is 13.7. The minimum absolute atomic E-state index is 0.168. The molecule has 2 aliphatic rings. The van der Waals surface area contributed by atoms with Crippen LogP contribution >= 0.6 is 0 Å². The highest BCUT2D eigenvalue weighted by Gasteiger charge is 2.28. The molecule has 1 fully saturated rings. The molecule has 4 aromatic rings. The second kappa shape index (κ2) is 9.57. The van der Waals surface area contributed by atoms with Gasteiger partial charge in [-0.25, -0.2) is 14.4 Å². The first kappa shape index (κ1) is 23.6. The summed E-state index contributed by atoms with van der Waals surface area (Å²) in [6, 6.07) is 9.20. The number of hydrogen-bond acceptors (Lipinski definition) is 6. The fourth-order valence-corrected chi connectivity index (χ4v) is 5.41. The molecule has 1 aromatic carbocycles. The minimum atomic E-state index is -0.346. The number of aromatic nitrogens is 3. The lowest BCUT2D eigenvalue weighted by atomic mass is 9.88. The average Bonchev–Trinajstić information content (AvgIpc) is 3.48. The SMILES string of the molecule is CN(C)Cc1cc(Nc2ncc(-c3cnc4cc(F)ccn34)c3c2C(=O)NC3)ccc1C1CCOCC1. The van der Waals surface area contributed by atoms with E-state index in [-0.39, 0.29) is 11.7 Å². The number of nitrogens with one attached hydrogen (secondary N) is 2. The Morgan fingerprint density at radius 1 is 1.16 bits per heavy atom. The number of benzene rings is 1. The molecule has 190 valence electrons. The molecular weight excluding hydrogens is 471 g/mol. The molecule has 8 nitrogen and oxygen atoms in total. The van der Waals surface area contributed by atoms with Crippen LogP contribution in [-0.2, 0) is 17.8 Å². The smallest absolute Gasteiger partial charge is 0.255 e. The zero-order valence-electron chi connectivity index (χ0n) is 20.9. The van der Waals surface area contributed by atoms with Crippen molar-refractivity contribution >= 4 is 23.1 Å². The Morgan fingerprint density at radius 2 is 2.00 bits per heavy atom. The number of carbonyl (C=O) groups is 1. The first-order valence-electron chi connectivity index (χ1n) is 12.5. The van der Waals surface area contributed by atoms with Gasteiger partial charge in [-0.2, -0.15) is 0 Å². The molecule has 0 bridgehead atoms. The van der Waals surface area contributed by atoms with Crippen LogP contribution in [0.2, 0.25) is 0 Å². The van der Waals surface area contributed by atoms with Gasteiger partial charge in [-0.1, -0.05) is 6.07 Å². The largest absolute Gasteiger partial charge is 0.381 e. The van der Waals surface area contributed by atoms with Crippen molar-refractivity contribution in [2.24, 2.45) is 0 Å². The summed E-state index contributed by atoms with van der Waals surface area (Å²) in [6.07, 6.45) is 7.14. The van der Waals surface area contributed by atoms with E-state index in [2.05, 4.69) is 57.8 Å². The third-order valence-corrected chi connectivity index (χ3v) is 7.14. The monoisotopic (exact) mass is 500 g/mol. The van der Waals surface area contributed by atoms with Gasteiger partial charge in [0.1, 0.15) is 17.3 Å². The van der Waals surface area contributed by atoms with E-state index in [1.165, 1.54) is 23.3 Å². The molecule has 6 rings (SSSR count). The predicted molar refractivity (Wildman–Crippen MR) is 139 cm³/mol. The number of carbonyl (C=O) groups excluding carboxylic acids is 1. The lowest BCUT2D eigenvalue weighted by Crippen LogP contribution is -2.18. The van der Waals surface area contributed by atoms with E-state index in [9.17, 15) is 9.18 Å². The van der Waals surface area contributed by atoms with Crippen LogP contribution in [0.5, 0.6) is 0 Å². The number of ether oxygens (including phenoxy) is 1. The maximum absolute atomic E-state index is 13.7. The highest BCUT2D eigenvalue weighted by Crippen LogP contribution is 2.36. The molecule has 0 saturated carbocycles. The molecule has 0 unspecified atom stereocenters. The second-order valence-corrected chi connectivity index (χ2v) is 9.94. The molecular formula is C28H29FN6O2. The number of amides is 1. The molecule has 3 aromatic heterocycles.